The van der Waals surface area contributed by atoms with Gasteiger partial charge in [-0.25, -0.2) is 18.3 Å². The van der Waals surface area contributed by atoms with Gasteiger partial charge in [0.15, 0.2) is 0 Å². The second kappa shape index (κ2) is 9.54. The Morgan fingerprint density at radius 3 is 2.50 bits per heavy atom. The number of hydrogen-bond donors (Lipinski definition) is 1. The molecular weight excluding hydrogens is 436 g/mol. The van der Waals surface area contributed by atoms with Crippen LogP contribution in [0.15, 0.2) is 48.5 Å². The first-order valence-electron chi connectivity index (χ1n) is 11.5. The Morgan fingerprint density at radius 1 is 1.12 bits per heavy atom. The van der Waals surface area contributed by atoms with E-state index in [1.165, 1.54) is 18.2 Å². The number of halogens is 2. The molecule has 0 saturated carbocycles. The van der Waals surface area contributed by atoms with Crippen LogP contribution in [0.2, 0.25) is 0 Å². The van der Waals surface area contributed by atoms with Crippen LogP contribution in [0.25, 0.3) is 5.69 Å². The van der Waals surface area contributed by atoms with Gasteiger partial charge in [0, 0.05) is 49.8 Å². The summed E-state index contributed by atoms with van der Waals surface area (Å²) >= 11 is 0. The minimum absolute atomic E-state index is 0.184. The van der Waals surface area contributed by atoms with Gasteiger partial charge in [0.05, 0.1) is 23.6 Å². The summed E-state index contributed by atoms with van der Waals surface area (Å²) in [6.07, 6.45) is 0.714. The maximum atomic E-state index is 14.2. The fourth-order valence-electron chi connectivity index (χ4n) is 4.18. The first-order valence-corrected chi connectivity index (χ1v) is 11.5. The SMILES string of the molecule is CN(Cc1nn(-c2ccc(F)cc2)c2c1CN(Cc1ccccc1F)CC2)C(=O)NC(C)(C)C. The molecule has 2 heterocycles. The predicted octanol–water partition coefficient (Wildman–Crippen LogP) is 4.65. The van der Waals surface area contributed by atoms with E-state index >= 15 is 0 Å². The van der Waals surface area contributed by atoms with Crippen molar-refractivity contribution in [3.63, 3.8) is 0 Å². The van der Waals surface area contributed by atoms with Crippen molar-refractivity contribution in [1.82, 2.24) is 24.9 Å². The molecule has 0 bridgehead atoms. The van der Waals surface area contributed by atoms with Crippen LogP contribution in [-0.2, 0) is 26.1 Å². The number of nitrogens with zero attached hydrogens (tertiary/aromatic N) is 4. The van der Waals surface area contributed by atoms with Crippen LogP contribution in [0.5, 0.6) is 0 Å². The minimum Gasteiger partial charge on any atom is -0.333 e. The zero-order chi connectivity index (χ0) is 24.5. The third-order valence-electron chi connectivity index (χ3n) is 5.86. The lowest BCUT2D eigenvalue weighted by Gasteiger charge is -2.29. The van der Waals surface area contributed by atoms with E-state index in [4.69, 9.17) is 5.10 Å². The summed E-state index contributed by atoms with van der Waals surface area (Å²) in [4.78, 5) is 16.5. The van der Waals surface area contributed by atoms with Crippen LogP contribution in [0, 0.1) is 11.6 Å². The molecule has 2 aromatic carbocycles. The average molecular weight is 468 g/mol. The summed E-state index contributed by atoms with van der Waals surface area (Å²) in [7, 11) is 1.74. The largest absolute Gasteiger partial charge is 0.333 e. The second-order valence-electron chi connectivity index (χ2n) is 9.85. The summed E-state index contributed by atoms with van der Waals surface area (Å²) in [6, 6.07) is 12.9. The maximum absolute atomic E-state index is 14.2. The second-order valence-corrected chi connectivity index (χ2v) is 9.85. The first kappa shape index (κ1) is 23.9. The summed E-state index contributed by atoms with van der Waals surface area (Å²) in [5.41, 5.74) is 3.92. The molecule has 3 aromatic rings. The molecule has 0 saturated heterocycles. The van der Waals surface area contributed by atoms with Crippen molar-refractivity contribution in [2.45, 2.75) is 52.4 Å². The Labute approximate surface area is 199 Å². The molecule has 1 aromatic heterocycles. The molecule has 0 atom stereocenters. The molecule has 1 aliphatic heterocycles. The number of carbonyl (C=O) groups excluding carboxylic acids is 1. The van der Waals surface area contributed by atoms with E-state index in [0.717, 1.165) is 29.2 Å². The van der Waals surface area contributed by atoms with Crippen LogP contribution in [-0.4, -0.2) is 44.7 Å². The number of urea groups is 1. The van der Waals surface area contributed by atoms with Crippen molar-refractivity contribution in [2.75, 3.05) is 13.6 Å². The van der Waals surface area contributed by atoms with E-state index in [0.29, 0.717) is 31.6 Å². The number of rotatable bonds is 5. The minimum atomic E-state index is -0.352. The molecule has 0 unspecified atom stereocenters. The van der Waals surface area contributed by atoms with Gasteiger partial charge in [0.1, 0.15) is 11.6 Å². The summed E-state index contributed by atoms with van der Waals surface area (Å²) in [5, 5.41) is 7.81. The Bertz CT molecular complexity index is 1170. The van der Waals surface area contributed by atoms with E-state index < -0.39 is 0 Å². The van der Waals surface area contributed by atoms with Crippen LogP contribution in [0.3, 0.4) is 0 Å². The van der Waals surface area contributed by atoms with Gasteiger partial charge in [-0.05, 0) is 51.1 Å². The van der Waals surface area contributed by atoms with Gasteiger partial charge in [-0.2, -0.15) is 5.10 Å². The third-order valence-corrected chi connectivity index (χ3v) is 5.86. The van der Waals surface area contributed by atoms with E-state index in [9.17, 15) is 13.6 Å². The third kappa shape index (κ3) is 5.44. The van der Waals surface area contributed by atoms with Gasteiger partial charge in [0.2, 0.25) is 0 Å². The normalized spacial score (nSPS) is 14.1. The monoisotopic (exact) mass is 467 g/mol. The van der Waals surface area contributed by atoms with Gasteiger partial charge < -0.3 is 10.2 Å². The Balaban J connectivity index is 1.63. The topological polar surface area (TPSA) is 53.4 Å². The molecule has 0 spiro atoms. The zero-order valence-corrected chi connectivity index (χ0v) is 20.1. The molecule has 4 rings (SSSR count). The summed E-state index contributed by atoms with van der Waals surface area (Å²) in [6.45, 7) is 7.96. The predicted molar refractivity (Wildman–Crippen MR) is 127 cm³/mol. The van der Waals surface area contributed by atoms with Crippen molar-refractivity contribution < 1.29 is 13.6 Å². The summed E-state index contributed by atoms with van der Waals surface area (Å²) in [5.74, 6) is -0.520. The molecule has 0 fully saturated rings. The van der Waals surface area contributed by atoms with E-state index in [2.05, 4.69) is 10.2 Å². The molecule has 8 heteroatoms. The molecule has 1 aliphatic rings. The highest BCUT2D eigenvalue weighted by Crippen LogP contribution is 2.27. The number of amides is 2. The van der Waals surface area contributed by atoms with Gasteiger partial charge in [-0.3, -0.25) is 4.90 Å². The smallest absolute Gasteiger partial charge is 0.317 e. The molecule has 2 amide bonds. The molecule has 34 heavy (non-hydrogen) atoms. The highest BCUT2D eigenvalue weighted by atomic mass is 19.1. The van der Waals surface area contributed by atoms with Crippen molar-refractivity contribution in [1.29, 1.82) is 0 Å². The van der Waals surface area contributed by atoms with Gasteiger partial charge in [-0.1, -0.05) is 18.2 Å². The van der Waals surface area contributed by atoms with Crippen LogP contribution in [0.4, 0.5) is 13.6 Å². The number of aromatic nitrogens is 2. The standard InChI is InChI=1S/C26H31F2N5O/c1-26(2,3)29-25(34)31(4)17-23-21-16-32(15-18-7-5-6-8-22(18)28)14-13-24(21)33(30-23)20-11-9-19(27)10-12-20/h5-12H,13-17H2,1-4H3,(H,29,34). The fraction of sp³-hybridized carbons (Fsp3) is 0.385. The van der Waals surface area contributed by atoms with E-state index in [1.807, 2.05) is 31.5 Å². The lowest BCUT2D eigenvalue weighted by molar-refractivity contribution is 0.196. The molecule has 1 N–H and O–H groups in total. The molecule has 6 nitrogen and oxygen atoms in total. The van der Waals surface area contributed by atoms with Crippen LogP contribution < -0.4 is 5.32 Å². The number of carbonyl (C=O) groups is 1. The van der Waals surface area contributed by atoms with Gasteiger partial charge >= 0.3 is 6.03 Å². The highest BCUT2D eigenvalue weighted by Gasteiger charge is 2.28. The van der Waals surface area contributed by atoms with Gasteiger partial charge in [0.25, 0.3) is 0 Å². The highest BCUT2D eigenvalue weighted by molar-refractivity contribution is 5.74. The van der Waals surface area contributed by atoms with Crippen LogP contribution >= 0.6 is 0 Å². The van der Waals surface area contributed by atoms with Crippen molar-refractivity contribution in [3.05, 3.63) is 82.7 Å². The van der Waals surface area contributed by atoms with Crippen molar-refractivity contribution >= 4 is 6.03 Å². The average Bonchev–Trinajstić information content (AvgIpc) is 3.12. The Kier molecular flexibility index (Phi) is 6.70. The maximum Gasteiger partial charge on any atom is 0.317 e. The number of hydrogen-bond acceptors (Lipinski definition) is 3. The first-order chi connectivity index (χ1) is 16.1. The van der Waals surface area contributed by atoms with E-state index in [1.54, 1.807) is 36.2 Å². The molecule has 0 radical (unpaired) electrons. The van der Waals surface area contributed by atoms with Gasteiger partial charge in [-0.15, -0.1) is 0 Å². The zero-order valence-electron chi connectivity index (χ0n) is 20.1. The Morgan fingerprint density at radius 2 is 1.82 bits per heavy atom. The lowest BCUT2D eigenvalue weighted by Crippen LogP contribution is -2.47. The lowest BCUT2D eigenvalue weighted by atomic mass is 10.0. The quantitative estimate of drug-likeness (QED) is 0.594. The molecular formula is C26H31F2N5O. The van der Waals surface area contributed by atoms with Crippen molar-refractivity contribution in [3.8, 4) is 5.69 Å². The Hall–Kier alpha value is -3.26. The van der Waals surface area contributed by atoms with E-state index in [-0.39, 0.29) is 23.2 Å². The van der Waals surface area contributed by atoms with Crippen molar-refractivity contribution in [2.24, 2.45) is 0 Å². The number of benzene rings is 2. The number of nitrogens with one attached hydrogen (secondary N) is 1. The van der Waals surface area contributed by atoms with Crippen LogP contribution in [0.1, 0.15) is 43.3 Å². The molecule has 180 valence electrons. The summed E-state index contributed by atoms with van der Waals surface area (Å²) < 4.78 is 29.6. The molecule has 0 aliphatic carbocycles. The number of fused-ring (bicyclic) bond motifs is 1. The fourth-order valence-corrected chi connectivity index (χ4v) is 4.18.